The van der Waals surface area contributed by atoms with Gasteiger partial charge in [0.2, 0.25) is 0 Å². The molecule has 0 radical (unpaired) electrons. The van der Waals surface area contributed by atoms with Gasteiger partial charge in [0.1, 0.15) is 6.61 Å². The summed E-state index contributed by atoms with van der Waals surface area (Å²) in [6.45, 7) is 0.347. The maximum absolute atomic E-state index is 12.0. The summed E-state index contributed by atoms with van der Waals surface area (Å²) in [5.74, 6) is 0.176. The number of carbonyl (C=O) groups is 1. The third kappa shape index (κ3) is 6.21. The second kappa shape index (κ2) is 10.1. The number of carbonyl (C=O) groups excluding carboxylic acids is 1. The molecule has 0 heterocycles. The van der Waals surface area contributed by atoms with Gasteiger partial charge in [-0.05, 0) is 75.6 Å². The van der Waals surface area contributed by atoms with Crippen LogP contribution in [-0.2, 0) is 6.61 Å². The van der Waals surface area contributed by atoms with Crippen LogP contribution in [0.1, 0.15) is 21.5 Å². The molecule has 0 unspecified atom stereocenters. The van der Waals surface area contributed by atoms with E-state index in [2.05, 4.69) is 26.5 Å². The van der Waals surface area contributed by atoms with Gasteiger partial charge in [0, 0.05) is 15.6 Å². The molecule has 0 aromatic heterocycles. The Bertz CT molecular complexity index is 1020. The Hall–Kier alpha value is -2.05. The number of rotatable bonds is 6. The molecule has 0 saturated heterocycles. The standard InChI is InChI=1S/C21H14BrCl3N2O2/c22-18-9-14(11-26-27-21(28)15-3-7-17(24)8-4-15)10-19(25)20(18)29-12-13-1-5-16(23)6-2-13/h1-11H,12H2,(H,27,28)/b26-11-. The molecule has 8 heteroatoms. The fourth-order valence-corrected chi connectivity index (χ4v) is 3.60. The SMILES string of the molecule is O=C(N/N=C\c1cc(Cl)c(OCc2ccc(Cl)cc2)c(Br)c1)c1ccc(Cl)cc1. The van der Waals surface area contributed by atoms with Crippen LogP contribution in [0.2, 0.25) is 15.1 Å². The van der Waals surface area contributed by atoms with Gasteiger partial charge >= 0.3 is 0 Å². The second-order valence-corrected chi connectivity index (χ2v) is 8.07. The van der Waals surface area contributed by atoms with Crippen LogP contribution in [0.15, 0.2) is 70.2 Å². The molecule has 3 aromatic rings. The highest BCUT2D eigenvalue weighted by Gasteiger charge is 2.10. The van der Waals surface area contributed by atoms with Gasteiger partial charge in [-0.2, -0.15) is 5.10 Å². The van der Waals surface area contributed by atoms with Crippen LogP contribution in [0.4, 0.5) is 0 Å². The number of nitrogens with zero attached hydrogens (tertiary/aromatic N) is 1. The minimum Gasteiger partial charge on any atom is -0.486 e. The van der Waals surface area contributed by atoms with Gasteiger partial charge in [-0.3, -0.25) is 4.79 Å². The molecule has 0 spiro atoms. The summed E-state index contributed by atoms with van der Waals surface area (Å²) in [7, 11) is 0. The van der Waals surface area contributed by atoms with Crippen LogP contribution in [0.5, 0.6) is 5.75 Å². The summed E-state index contributed by atoms with van der Waals surface area (Å²) in [4.78, 5) is 12.0. The number of ether oxygens (including phenoxy) is 1. The van der Waals surface area contributed by atoms with Crippen molar-refractivity contribution in [3.05, 3.63) is 96.9 Å². The number of halogens is 4. The smallest absolute Gasteiger partial charge is 0.271 e. The fraction of sp³-hybridized carbons (Fsp3) is 0.0476. The van der Waals surface area contributed by atoms with Crippen molar-refractivity contribution in [2.45, 2.75) is 6.61 Å². The van der Waals surface area contributed by atoms with Crippen LogP contribution in [-0.4, -0.2) is 12.1 Å². The Kier molecular flexibility index (Phi) is 7.56. The summed E-state index contributed by atoms with van der Waals surface area (Å²) in [5, 5.41) is 5.60. The number of nitrogens with one attached hydrogen (secondary N) is 1. The fourth-order valence-electron chi connectivity index (χ4n) is 2.36. The Morgan fingerprint density at radius 2 is 1.62 bits per heavy atom. The lowest BCUT2D eigenvalue weighted by atomic mass is 10.2. The maximum atomic E-state index is 12.0. The number of amides is 1. The van der Waals surface area contributed by atoms with Crippen molar-refractivity contribution in [3.8, 4) is 5.75 Å². The van der Waals surface area contributed by atoms with Crippen LogP contribution in [0.3, 0.4) is 0 Å². The summed E-state index contributed by atoms with van der Waals surface area (Å²) < 4.78 is 6.48. The monoisotopic (exact) mass is 510 g/mol. The van der Waals surface area contributed by atoms with Gasteiger partial charge in [-0.25, -0.2) is 5.43 Å². The topological polar surface area (TPSA) is 50.7 Å². The van der Waals surface area contributed by atoms with E-state index in [4.69, 9.17) is 39.5 Å². The van der Waals surface area contributed by atoms with Gasteiger partial charge in [-0.1, -0.05) is 46.9 Å². The van der Waals surface area contributed by atoms with Crippen molar-refractivity contribution in [2.75, 3.05) is 0 Å². The minimum absolute atomic E-state index is 0.342. The average Bonchev–Trinajstić information content (AvgIpc) is 2.69. The van der Waals surface area contributed by atoms with E-state index in [1.165, 1.54) is 6.21 Å². The zero-order valence-corrected chi connectivity index (χ0v) is 18.7. The summed E-state index contributed by atoms with van der Waals surface area (Å²) >= 11 is 21.5. The summed E-state index contributed by atoms with van der Waals surface area (Å²) in [6.07, 6.45) is 1.49. The molecule has 0 aliphatic heterocycles. The molecule has 4 nitrogen and oxygen atoms in total. The highest BCUT2D eigenvalue weighted by molar-refractivity contribution is 9.10. The van der Waals surface area contributed by atoms with Crippen LogP contribution >= 0.6 is 50.7 Å². The first-order chi connectivity index (χ1) is 13.9. The predicted octanol–water partition coefficient (Wildman–Crippen LogP) is 6.75. The highest BCUT2D eigenvalue weighted by atomic mass is 79.9. The molecular formula is C21H14BrCl3N2O2. The average molecular weight is 513 g/mol. The third-order valence-corrected chi connectivity index (χ3v) is 5.18. The Labute approximate surface area is 191 Å². The molecule has 0 aliphatic carbocycles. The molecule has 1 N–H and O–H groups in total. The Balaban J connectivity index is 1.63. The van der Waals surface area contributed by atoms with Crippen LogP contribution in [0.25, 0.3) is 0 Å². The maximum Gasteiger partial charge on any atom is 0.271 e. The van der Waals surface area contributed by atoms with Gasteiger partial charge in [0.15, 0.2) is 5.75 Å². The first-order valence-electron chi connectivity index (χ1n) is 8.37. The van der Waals surface area contributed by atoms with E-state index in [1.807, 2.05) is 12.1 Å². The van der Waals surface area contributed by atoms with Crippen molar-refractivity contribution in [2.24, 2.45) is 5.10 Å². The zero-order valence-electron chi connectivity index (χ0n) is 14.8. The molecule has 0 saturated carbocycles. The number of hydrogen-bond donors (Lipinski definition) is 1. The molecule has 1 amide bonds. The van der Waals surface area contributed by atoms with Gasteiger partial charge in [-0.15, -0.1) is 0 Å². The molecule has 0 atom stereocenters. The lowest BCUT2D eigenvalue weighted by Gasteiger charge is -2.11. The molecule has 0 bridgehead atoms. The first kappa shape index (κ1) is 21.7. The summed E-state index contributed by atoms with van der Waals surface area (Å²) in [6, 6.07) is 17.4. The van der Waals surface area contributed by atoms with Crippen molar-refractivity contribution >= 4 is 62.9 Å². The third-order valence-electron chi connectivity index (χ3n) is 3.80. The van der Waals surface area contributed by atoms with E-state index >= 15 is 0 Å². The van der Waals surface area contributed by atoms with E-state index in [9.17, 15) is 4.79 Å². The summed E-state index contributed by atoms with van der Waals surface area (Å²) in [5.41, 5.74) is 4.57. The molecular weight excluding hydrogens is 499 g/mol. The van der Waals surface area contributed by atoms with E-state index in [1.54, 1.807) is 48.5 Å². The predicted molar refractivity (Wildman–Crippen MR) is 121 cm³/mol. The number of benzene rings is 3. The van der Waals surface area contributed by atoms with E-state index in [-0.39, 0.29) is 5.91 Å². The second-order valence-electron chi connectivity index (χ2n) is 5.93. The first-order valence-corrected chi connectivity index (χ1v) is 10.3. The van der Waals surface area contributed by atoms with Gasteiger partial charge in [0.25, 0.3) is 5.91 Å². The van der Waals surface area contributed by atoms with Crippen molar-refractivity contribution in [3.63, 3.8) is 0 Å². The van der Waals surface area contributed by atoms with Crippen LogP contribution < -0.4 is 10.2 Å². The highest BCUT2D eigenvalue weighted by Crippen LogP contribution is 2.34. The molecule has 3 aromatic carbocycles. The van der Waals surface area contributed by atoms with Crippen molar-refractivity contribution in [1.82, 2.24) is 5.43 Å². The molecule has 0 fully saturated rings. The molecule has 29 heavy (non-hydrogen) atoms. The largest absolute Gasteiger partial charge is 0.486 e. The van der Waals surface area contributed by atoms with Crippen molar-refractivity contribution < 1.29 is 9.53 Å². The number of hydrazone groups is 1. The minimum atomic E-state index is -0.342. The van der Waals surface area contributed by atoms with Gasteiger partial charge in [0.05, 0.1) is 15.7 Å². The lowest BCUT2D eigenvalue weighted by molar-refractivity contribution is 0.0955. The lowest BCUT2D eigenvalue weighted by Crippen LogP contribution is -2.17. The zero-order chi connectivity index (χ0) is 20.8. The Morgan fingerprint density at radius 1 is 1.00 bits per heavy atom. The Morgan fingerprint density at radius 3 is 2.24 bits per heavy atom. The van der Waals surface area contributed by atoms with Gasteiger partial charge < -0.3 is 4.74 Å². The molecule has 0 aliphatic rings. The quantitative estimate of drug-likeness (QED) is 0.293. The normalized spacial score (nSPS) is 10.9. The van der Waals surface area contributed by atoms with E-state index in [0.717, 1.165) is 5.56 Å². The van der Waals surface area contributed by atoms with E-state index < -0.39 is 0 Å². The molecule has 3 rings (SSSR count). The molecule has 148 valence electrons. The van der Waals surface area contributed by atoms with Crippen LogP contribution in [0, 0.1) is 0 Å². The van der Waals surface area contributed by atoms with E-state index in [0.29, 0.717) is 43.0 Å². The number of hydrogen-bond acceptors (Lipinski definition) is 3. The van der Waals surface area contributed by atoms with Crippen molar-refractivity contribution in [1.29, 1.82) is 0 Å².